The molecule has 1 fully saturated rings. The lowest BCUT2D eigenvalue weighted by Crippen LogP contribution is -2.47. The standard InChI is InChI=1S/C23H25F2N5O2.C23H21NO3/c24-17-6-5-14(13-18(17)25)7-8-29-9-11-30(12-10-29)23-26-21-19(22(31)32)15-3-1-2-4-16(15)20(21)27-28-23;1-26-20-12-7-13-21(27-2)19(20)14-24-23(25)22-17-10-5-3-8-15(17)16-9-4-6-11-18(16)22/h5-6,13,19H,1-4,7-12H2,(H,31,32);3-13,22H,14H2,1-2H3,(H,24,25). The number of carboxylic acids is 1. The van der Waals surface area contributed by atoms with Gasteiger partial charge in [0.25, 0.3) is 0 Å². The van der Waals surface area contributed by atoms with E-state index in [9.17, 15) is 23.5 Å². The fraction of sp³-hybridized carbons (Fsp3) is 0.326. The number of fused-ring (bicyclic) bond motifs is 5. The number of halogens is 2. The lowest BCUT2D eigenvalue weighted by Gasteiger charge is -2.34. The van der Waals surface area contributed by atoms with Crippen LogP contribution in [0.15, 0.2) is 90.5 Å². The number of aromatic nitrogens is 3. The first kappa shape index (κ1) is 39.6. The van der Waals surface area contributed by atoms with Crippen LogP contribution in [0.5, 0.6) is 11.5 Å². The van der Waals surface area contributed by atoms with Gasteiger partial charge in [-0.1, -0.05) is 60.7 Å². The van der Waals surface area contributed by atoms with Crippen molar-refractivity contribution in [1.29, 1.82) is 0 Å². The highest BCUT2D eigenvalue weighted by molar-refractivity contribution is 5.96. The second-order valence-corrected chi connectivity index (χ2v) is 15.1. The van der Waals surface area contributed by atoms with E-state index in [2.05, 4.69) is 37.5 Å². The van der Waals surface area contributed by atoms with Crippen LogP contribution in [0, 0.1) is 11.6 Å². The van der Waals surface area contributed by atoms with Crippen molar-refractivity contribution in [1.82, 2.24) is 25.4 Å². The number of hydrogen-bond acceptors (Lipinski definition) is 9. The Morgan fingerprint density at radius 3 is 2.10 bits per heavy atom. The van der Waals surface area contributed by atoms with Crippen LogP contribution in [-0.2, 0) is 22.6 Å². The number of amides is 1. The minimum Gasteiger partial charge on any atom is -0.496 e. The number of allylic oxidation sites excluding steroid dienone is 1. The Labute approximate surface area is 341 Å². The van der Waals surface area contributed by atoms with Gasteiger partial charge in [0.1, 0.15) is 23.1 Å². The number of methoxy groups -OCH3 is 2. The lowest BCUT2D eigenvalue weighted by atomic mass is 9.88. The van der Waals surface area contributed by atoms with Gasteiger partial charge in [-0.05, 0) is 95.3 Å². The molecule has 0 spiro atoms. The van der Waals surface area contributed by atoms with Crippen LogP contribution in [0.2, 0.25) is 0 Å². The van der Waals surface area contributed by atoms with E-state index in [-0.39, 0.29) is 11.8 Å². The van der Waals surface area contributed by atoms with Gasteiger partial charge in [0.2, 0.25) is 11.9 Å². The first-order valence-electron chi connectivity index (χ1n) is 20.0. The third kappa shape index (κ3) is 7.99. The second-order valence-electron chi connectivity index (χ2n) is 15.1. The molecule has 0 bridgehead atoms. The van der Waals surface area contributed by atoms with Crippen molar-refractivity contribution in [3.63, 3.8) is 0 Å². The van der Waals surface area contributed by atoms with E-state index in [0.717, 1.165) is 95.9 Å². The maximum atomic E-state index is 13.4. The Kier molecular flexibility index (Phi) is 11.6. The highest BCUT2D eigenvalue weighted by atomic mass is 19.2. The molecule has 1 amide bonds. The highest BCUT2D eigenvalue weighted by Gasteiger charge is 2.40. The van der Waals surface area contributed by atoms with Crippen LogP contribution in [0.4, 0.5) is 14.7 Å². The molecule has 0 saturated carbocycles. The smallest absolute Gasteiger partial charge is 0.316 e. The number of carbonyl (C=O) groups excluding carboxylic acids is 1. The summed E-state index contributed by atoms with van der Waals surface area (Å²) in [4.78, 5) is 34.1. The summed E-state index contributed by atoms with van der Waals surface area (Å²) in [5.74, 6) is -1.67. The molecule has 3 aliphatic carbocycles. The number of rotatable bonds is 10. The molecule has 1 aromatic heterocycles. The van der Waals surface area contributed by atoms with E-state index >= 15 is 0 Å². The minimum atomic E-state index is -0.869. The van der Waals surface area contributed by atoms with Crippen LogP contribution < -0.4 is 19.7 Å². The summed E-state index contributed by atoms with van der Waals surface area (Å²) in [6.45, 7) is 4.04. The van der Waals surface area contributed by atoms with Crippen LogP contribution in [0.25, 0.3) is 16.7 Å². The molecule has 5 aromatic rings. The zero-order valence-electron chi connectivity index (χ0n) is 33.1. The molecule has 1 atom stereocenters. The summed E-state index contributed by atoms with van der Waals surface area (Å²) in [6, 6.07) is 25.8. The fourth-order valence-electron chi connectivity index (χ4n) is 8.80. The van der Waals surface area contributed by atoms with Crippen molar-refractivity contribution in [2.75, 3.05) is 51.8 Å². The Morgan fingerprint density at radius 1 is 0.797 bits per heavy atom. The van der Waals surface area contributed by atoms with E-state index < -0.39 is 23.5 Å². The molecule has 2 heterocycles. The van der Waals surface area contributed by atoms with Gasteiger partial charge < -0.3 is 24.8 Å². The number of hydrogen-bond donors (Lipinski definition) is 2. The summed E-state index contributed by atoms with van der Waals surface area (Å²) in [5, 5.41) is 21.7. The number of benzene rings is 4. The molecule has 2 N–H and O–H groups in total. The molecule has 304 valence electrons. The average Bonchev–Trinajstić information content (AvgIpc) is 3.79. The molecule has 1 unspecified atom stereocenters. The topological polar surface area (TPSA) is 130 Å². The maximum absolute atomic E-state index is 13.4. The number of nitrogens with zero attached hydrogens (tertiary/aromatic N) is 5. The van der Waals surface area contributed by atoms with E-state index in [0.29, 0.717) is 54.9 Å². The highest BCUT2D eigenvalue weighted by Crippen LogP contribution is 2.47. The zero-order valence-corrected chi connectivity index (χ0v) is 33.1. The number of nitrogens with one attached hydrogen (secondary N) is 1. The number of ether oxygens (including phenoxy) is 2. The average molecular weight is 801 g/mol. The Morgan fingerprint density at radius 2 is 1.46 bits per heavy atom. The van der Waals surface area contributed by atoms with Crippen LogP contribution in [-0.4, -0.2) is 84.0 Å². The molecule has 1 aliphatic heterocycles. The second kappa shape index (κ2) is 17.3. The monoisotopic (exact) mass is 800 g/mol. The SMILES string of the molecule is COc1cccc(OC)c1CNC(=O)C1c2ccccc2-c2ccccc21.O=C(O)C1C2=C(CCCC2)c2nnc(N3CCN(CCc4ccc(F)c(F)c4)CC3)nc21. The van der Waals surface area contributed by atoms with Gasteiger partial charge in [-0.15, -0.1) is 10.2 Å². The van der Waals surface area contributed by atoms with E-state index in [1.165, 1.54) is 6.07 Å². The van der Waals surface area contributed by atoms with Gasteiger partial charge in [0.15, 0.2) is 11.6 Å². The van der Waals surface area contributed by atoms with Gasteiger partial charge in [0.05, 0.1) is 37.9 Å². The van der Waals surface area contributed by atoms with Gasteiger partial charge in [-0.25, -0.2) is 13.8 Å². The van der Waals surface area contributed by atoms with E-state index in [1.807, 2.05) is 59.5 Å². The van der Waals surface area contributed by atoms with Crippen LogP contribution in [0.1, 0.15) is 71.2 Å². The van der Waals surface area contributed by atoms with E-state index in [4.69, 9.17) is 9.47 Å². The molecular weight excluding hydrogens is 755 g/mol. The third-order valence-corrected chi connectivity index (χ3v) is 11.8. The van der Waals surface area contributed by atoms with Crippen molar-refractivity contribution in [3.8, 4) is 22.6 Å². The summed E-state index contributed by atoms with van der Waals surface area (Å²) >= 11 is 0. The summed E-state index contributed by atoms with van der Waals surface area (Å²) in [7, 11) is 3.23. The quantitative estimate of drug-likeness (QED) is 0.150. The Bertz CT molecular complexity index is 2350. The summed E-state index contributed by atoms with van der Waals surface area (Å²) in [5.41, 5.74) is 9.14. The van der Waals surface area contributed by atoms with Crippen molar-refractivity contribution < 1.29 is 33.0 Å². The van der Waals surface area contributed by atoms with Crippen molar-refractivity contribution in [2.24, 2.45) is 0 Å². The molecule has 1 saturated heterocycles. The number of anilines is 1. The molecule has 9 rings (SSSR count). The van der Waals surface area contributed by atoms with Gasteiger partial charge in [0, 0.05) is 32.7 Å². The summed E-state index contributed by atoms with van der Waals surface area (Å²) < 4.78 is 37.3. The number of aliphatic carboxylic acids is 1. The lowest BCUT2D eigenvalue weighted by molar-refractivity contribution is -0.137. The first-order chi connectivity index (χ1) is 28.7. The van der Waals surface area contributed by atoms with Gasteiger partial charge >= 0.3 is 5.97 Å². The third-order valence-electron chi connectivity index (χ3n) is 11.8. The molecule has 4 aliphatic rings. The van der Waals surface area contributed by atoms with Crippen molar-refractivity contribution >= 4 is 23.4 Å². The van der Waals surface area contributed by atoms with Gasteiger partial charge in [-0.2, -0.15) is 0 Å². The molecule has 0 radical (unpaired) electrons. The number of carbonyl (C=O) groups is 2. The van der Waals surface area contributed by atoms with Gasteiger partial charge in [-0.3, -0.25) is 14.5 Å². The van der Waals surface area contributed by atoms with E-state index in [1.54, 1.807) is 20.3 Å². The predicted octanol–water partition coefficient (Wildman–Crippen LogP) is 7.16. The maximum Gasteiger partial charge on any atom is 0.316 e. The largest absolute Gasteiger partial charge is 0.496 e. The van der Waals surface area contributed by atoms with Crippen LogP contribution >= 0.6 is 0 Å². The first-order valence-corrected chi connectivity index (χ1v) is 20.0. The molecule has 11 nitrogen and oxygen atoms in total. The molecule has 13 heteroatoms. The number of piperazine rings is 1. The molecular formula is C46H46F2N6O5. The predicted molar refractivity (Wildman–Crippen MR) is 219 cm³/mol. The minimum absolute atomic E-state index is 0.0274. The Hall–Kier alpha value is -6.21. The van der Waals surface area contributed by atoms with Crippen LogP contribution in [0.3, 0.4) is 0 Å². The summed E-state index contributed by atoms with van der Waals surface area (Å²) in [6.07, 6.45) is 4.32. The fourth-order valence-corrected chi connectivity index (χ4v) is 8.80. The Balaban J connectivity index is 0.000000167. The molecule has 4 aromatic carbocycles. The number of carboxylic acid groups (broad SMARTS) is 1. The zero-order chi connectivity index (χ0) is 41.0. The van der Waals surface area contributed by atoms with Crippen molar-refractivity contribution in [3.05, 3.63) is 136 Å². The normalized spacial score (nSPS) is 16.9. The molecule has 59 heavy (non-hydrogen) atoms. The van der Waals surface area contributed by atoms with Crippen molar-refractivity contribution in [2.45, 2.75) is 50.5 Å².